The zero-order valence-electron chi connectivity index (χ0n) is 19.3. The Morgan fingerprint density at radius 3 is 2.50 bits per heavy atom. The minimum Gasteiger partial charge on any atom is -0.382 e. The Morgan fingerprint density at radius 1 is 1.12 bits per heavy atom. The summed E-state index contributed by atoms with van der Waals surface area (Å²) in [5.41, 5.74) is 10.8. The Balaban J connectivity index is 1.95. The molecule has 0 aliphatic heterocycles. The van der Waals surface area contributed by atoms with Gasteiger partial charge in [0.05, 0.1) is 6.04 Å². The maximum absolute atomic E-state index is 13.2. The minimum atomic E-state index is -0.0566. The van der Waals surface area contributed by atoms with E-state index in [1.165, 1.54) is 0 Å². The number of rotatable bonds is 10. The third-order valence-corrected chi connectivity index (χ3v) is 5.93. The van der Waals surface area contributed by atoms with Crippen LogP contribution in [0.3, 0.4) is 0 Å². The molecule has 0 fully saturated rings. The Kier molecular flexibility index (Phi) is 7.87. The van der Waals surface area contributed by atoms with E-state index in [4.69, 9.17) is 11.6 Å². The van der Waals surface area contributed by atoms with Crippen molar-refractivity contribution in [2.24, 2.45) is 16.7 Å². The molecule has 3 aromatic rings. The van der Waals surface area contributed by atoms with E-state index in [2.05, 4.69) is 49.2 Å². The van der Waals surface area contributed by atoms with Crippen molar-refractivity contribution in [3.63, 3.8) is 0 Å². The zero-order valence-corrected chi connectivity index (χ0v) is 19.3. The normalized spacial score (nSPS) is 12.8. The molecule has 3 rings (SSSR count). The van der Waals surface area contributed by atoms with E-state index in [-0.39, 0.29) is 17.6 Å². The van der Waals surface area contributed by atoms with E-state index in [0.29, 0.717) is 5.56 Å². The highest BCUT2D eigenvalue weighted by molar-refractivity contribution is 6.02. The molecule has 0 saturated carbocycles. The highest BCUT2D eigenvalue weighted by atomic mass is 16.1. The maximum atomic E-state index is 13.2. The van der Waals surface area contributed by atoms with Crippen molar-refractivity contribution in [1.82, 2.24) is 14.1 Å². The minimum absolute atomic E-state index is 0.0566. The second kappa shape index (κ2) is 10.8. The number of hydrogen-bond donors (Lipinski definition) is 2. The van der Waals surface area contributed by atoms with Crippen molar-refractivity contribution >= 4 is 5.84 Å². The molecular weight excluding hydrogens is 400 g/mol. The number of unbranched alkanes of at least 4 members (excludes halogenated alkanes) is 2. The maximum Gasteiger partial charge on any atom is 0.328 e. The highest BCUT2D eigenvalue weighted by Crippen LogP contribution is 2.26. The number of imidazole rings is 1. The van der Waals surface area contributed by atoms with E-state index in [0.717, 1.165) is 61.0 Å². The Morgan fingerprint density at radius 2 is 1.84 bits per heavy atom. The number of aryl methyl sites for hydroxylation is 2. The third-order valence-electron chi connectivity index (χ3n) is 5.93. The van der Waals surface area contributed by atoms with Crippen LogP contribution in [0.2, 0.25) is 0 Å². The number of hydrazone groups is 1. The molecule has 2 aromatic heterocycles. The van der Waals surface area contributed by atoms with Crippen LogP contribution in [0.4, 0.5) is 0 Å². The molecule has 0 bridgehead atoms. The van der Waals surface area contributed by atoms with Gasteiger partial charge in [0.25, 0.3) is 0 Å². The molecule has 7 heteroatoms. The average molecular weight is 435 g/mol. The first-order chi connectivity index (χ1) is 15.5. The second-order valence-corrected chi connectivity index (χ2v) is 8.16. The molecule has 32 heavy (non-hydrogen) atoms. The molecule has 0 aliphatic rings. The molecule has 0 saturated heterocycles. The average Bonchev–Trinajstić information content (AvgIpc) is 3.15. The molecule has 0 aliphatic carbocycles. The molecular formula is C25H34N6O. The number of nitrogens with two attached hydrogens (primary N) is 2. The van der Waals surface area contributed by atoms with Gasteiger partial charge in [0, 0.05) is 36.4 Å². The van der Waals surface area contributed by atoms with Gasteiger partial charge in [-0.3, -0.25) is 14.1 Å². The van der Waals surface area contributed by atoms with Crippen molar-refractivity contribution in [2.75, 3.05) is 0 Å². The zero-order chi connectivity index (χ0) is 23.1. The number of aromatic nitrogens is 3. The van der Waals surface area contributed by atoms with Gasteiger partial charge in [-0.2, -0.15) is 5.10 Å². The van der Waals surface area contributed by atoms with Gasteiger partial charge < -0.3 is 11.6 Å². The first kappa shape index (κ1) is 23.3. The molecule has 4 N–H and O–H groups in total. The monoisotopic (exact) mass is 434 g/mol. The Labute approximate surface area is 189 Å². The number of hydrogen-bond acceptors (Lipinski definition) is 4. The Bertz CT molecular complexity index is 1110. The summed E-state index contributed by atoms with van der Waals surface area (Å²) in [6.07, 6.45) is 10.6. The number of nitrogens with zero attached hydrogens (tertiary/aromatic N) is 4. The summed E-state index contributed by atoms with van der Waals surface area (Å²) in [5, 5.41) is 3.61. The second-order valence-electron chi connectivity index (χ2n) is 8.16. The Hall–Kier alpha value is -3.35. The van der Waals surface area contributed by atoms with Crippen LogP contribution in [0.15, 0.2) is 58.8 Å². The van der Waals surface area contributed by atoms with E-state index in [1.807, 2.05) is 27.3 Å². The van der Waals surface area contributed by atoms with E-state index in [9.17, 15) is 4.79 Å². The van der Waals surface area contributed by atoms with Gasteiger partial charge in [-0.05, 0) is 48.9 Å². The molecule has 1 aromatic carbocycles. The quantitative estimate of drug-likeness (QED) is 0.217. The van der Waals surface area contributed by atoms with Gasteiger partial charge in [0.1, 0.15) is 0 Å². The van der Waals surface area contributed by atoms with Gasteiger partial charge in [-0.25, -0.2) is 4.79 Å². The third kappa shape index (κ3) is 4.93. The molecule has 7 nitrogen and oxygen atoms in total. The fourth-order valence-corrected chi connectivity index (χ4v) is 4.01. The fraction of sp³-hybridized carbons (Fsp3) is 0.400. The number of benzene rings is 1. The largest absolute Gasteiger partial charge is 0.382 e. The predicted molar refractivity (Wildman–Crippen MR) is 131 cm³/mol. The SMILES string of the molecule is CCCCc1cn(CCCC)c(=O)n1C(C)c1ccc(-c2ccncc2/C(N)=N/N)cc1. The molecule has 1 atom stereocenters. The van der Waals surface area contributed by atoms with Crippen molar-refractivity contribution in [1.29, 1.82) is 0 Å². The topological polar surface area (TPSA) is 104 Å². The highest BCUT2D eigenvalue weighted by Gasteiger charge is 2.18. The molecule has 2 heterocycles. The summed E-state index contributed by atoms with van der Waals surface area (Å²) < 4.78 is 3.83. The van der Waals surface area contributed by atoms with Crippen LogP contribution in [-0.2, 0) is 13.0 Å². The van der Waals surface area contributed by atoms with Crippen LogP contribution in [0.1, 0.15) is 69.3 Å². The first-order valence-corrected chi connectivity index (χ1v) is 11.4. The van der Waals surface area contributed by atoms with E-state index in [1.54, 1.807) is 12.4 Å². The summed E-state index contributed by atoms with van der Waals surface area (Å²) in [5.74, 6) is 5.62. The smallest absolute Gasteiger partial charge is 0.328 e. The van der Waals surface area contributed by atoms with Crippen molar-refractivity contribution in [2.45, 2.75) is 65.5 Å². The van der Waals surface area contributed by atoms with Crippen LogP contribution in [0.5, 0.6) is 0 Å². The predicted octanol–water partition coefficient (Wildman–Crippen LogP) is 4.04. The molecule has 0 spiro atoms. The van der Waals surface area contributed by atoms with Gasteiger partial charge in [-0.1, -0.05) is 51.0 Å². The summed E-state index contributed by atoms with van der Waals surface area (Å²) in [6.45, 7) is 7.18. The van der Waals surface area contributed by atoms with Crippen molar-refractivity contribution in [3.8, 4) is 11.1 Å². The summed E-state index contributed by atoms with van der Waals surface area (Å²) >= 11 is 0. The lowest BCUT2D eigenvalue weighted by Gasteiger charge is -2.17. The summed E-state index contributed by atoms with van der Waals surface area (Å²) in [4.78, 5) is 17.3. The molecule has 1 unspecified atom stereocenters. The lowest BCUT2D eigenvalue weighted by atomic mass is 9.98. The molecule has 0 amide bonds. The van der Waals surface area contributed by atoms with Crippen molar-refractivity contribution in [3.05, 3.63) is 76.2 Å². The van der Waals surface area contributed by atoms with Gasteiger partial charge in [0.2, 0.25) is 0 Å². The summed E-state index contributed by atoms with van der Waals surface area (Å²) in [6, 6.07) is 10.1. The first-order valence-electron chi connectivity index (χ1n) is 11.4. The van der Waals surface area contributed by atoms with Crippen LogP contribution in [0.25, 0.3) is 11.1 Å². The van der Waals surface area contributed by atoms with Crippen LogP contribution >= 0.6 is 0 Å². The van der Waals surface area contributed by atoms with Crippen LogP contribution in [-0.4, -0.2) is 20.0 Å². The van der Waals surface area contributed by atoms with E-state index < -0.39 is 0 Å². The fourth-order valence-electron chi connectivity index (χ4n) is 4.01. The lowest BCUT2D eigenvalue weighted by Crippen LogP contribution is -2.28. The molecule has 170 valence electrons. The van der Waals surface area contributed by atoms with Crippen LogP contribution < -0.4 is 17.3 Å². The molecule has 0 radical (unpaired) electrons. The van der Waals surface area contributed by atoms with E-state index >= 15 is 0 Å². The summed E-state index contributed by atoms with van der Waals surface area (Å²) in [7, 11) is 0. The van der Waals surface area contributed by atoms with Gasteiger partial charge in [0.15, 0.2) is 5.84 Å². The number of amidine groups is 1. The van der Waals surface area contributed by atoms with Gasteiger partial charge in [-0.15, -0.1) is 0 Å². The van der Waals surface area contributed by atoms with Gasteiger partial charge >= 0.3 is 5.69 Å². The number of pyridine rings is 1. The standard InChI is InChI=1S/C25H34N6O/c1-4-6-8-21-17-30(15-7-5-2)25(32)31(21)18(3)19-9-11-20(12-10-19)22-13-14-28-16-23(22)24(26)29-27/h9-14,16-18H,4-8,15,27H2,1-3H3,(H2,26,29). The lowest BCUT2D eigenvalue weighted by molar-refractivity contribution is 0.546. The van der Waals surface area contributed by atoms with Crippen LogP contribution in [0, 0.1) is 0 Å². The van der Waals surface area contributed by atoms with Crippen molar-refractivity contribution < 1.29 is 0 Å².